The Bertz CT molecular complexity index is 1210. The highest BCUT2D eigenvalue weighted by Crippen LogP contribution is 2.35. The summed E-state index contributed by atoms with van der Waals surface area (Å²) < 4.78 is 38.6. The molecule has 0 saturated heterocycles. The zero-order chi connectivity index (χ0) is 27.2. The van der Waals surface area contributed by atoms with Crippen molar-refractivity contribution in [3.63, 3.8) is 0 Å². The molecule has 1 atom stereocenters. The van der Waals surface area contributed by atoms with Crippen molar-refractivity contribution in [3.8, 4) is 11.5 Å². The minimum absolute atomic E-state index is 0.105. The minimum atomic E-state index is -3.83. The van der Waals surface area contributed by atoms with E-state index in [9.17, 15) is 18.0 Å². The molecule has 0 saturated carbocycles. The number of benzene rings is 2. The van der Waals surface area contributed by atoms with Gasteiger partial charge >= 0.3 is 0 Å². The number of aryl methyl sites for hydroxylation is 1. The second-order valence-corrected chi connectivity index (χ2v) is 11.5. The molecule has 9 nitrogen and oxygen atoms in total. The van der Waals surface area contributed by atoms with Gasteiger partial charge in [-0.15, -0.1) is 0 Å². The Morgan fingerprint density at radius 1 is 1.03 bits per heavy atom. The second kappa shape index (κ2) is 12.3. The van der Waals surface area contributed by atoms with Crippen molar-refractivity contribution in [2.24, 2.45) is 0 Å². The maximum absolute atomic E-state index is 13.9. The van der Waals surface area contributed by atoms with Gasteiger partial charge in [-0.1, -0.05) is 31.2 Å². The van der Waals surface area contributed by atoms with Crippen LogP contribution >= 0.6 is 0 Å². The number of nitrogens with one attached hydrogen (secondary N) is 1. The highest BCUT2D eigenvalue weighted by atomic mass is 32.2. The molecule has 0 radical (unpaired) electrons. The summed E-state index contributed by atoms with van der Waals surface area (Å²) in [6, 6.07) is 11.6. The van der Waals surface area contributed by atoms with Crippen LogP contribution in [0.15, 0.2) is 42.5 Å². The maximum Gasteiger partial charge on any atom is 0.244 e. The predicted molar refractivity (Wildman–Crippen MR) is 143 cm³/mol. The fourth-order valence-corrected chi connectivity index (χ4v) is 5.23. The lowest BCUT2D eigenvalue weighted by Gasteiger charge is -2.34. The summed E-state index contributed by atoms with van der Waals surface area (Å²) >= 11 is 0. The van der Waals surface area contributed by atoms with Gasteiger partial charge in [-0.25, -0.2) is 8.42 Å². The van der Waals surface area contributed by atoms with Crippen LogP contribution in [0.25, 0.3) is 0 Å². The number of carbonyl (C=O) groups excluding carboxylic acids is 2. The van der Waals surface area contributed by atoms with Crippen LogP contribution < -0.4 is 19.1 Å². The van der Waals surface area contributed by atoms with Crippen LogP contribution in [0.5, 0.6) is 11.5 Å². The maximum atomic E-state index is 13.9. The van der Waals surface area contributed by atoms with Gasteiger partial charge in [-0.2, -0.15) is 0 Å². The van der Waals surface area contributed by atoms with E-state index in [0.29, 0.717) is 36.8 Å². The largest absolute Gasteiger partial charge is 0.486 e. The molecule has 0 aromatic heterocycles. The summed E-state index contributed by atoms with van der Waals surface area (Å²) in [6.45, 7) is 9.51. The number of amides is 2. The number of sulfonamides is 1. The fraction of sp³-hybridized carbons (Fsp3) is 0.481. The lowest BCUT2D eigenvalue weighted by Crippen LogP contribution is -2.53. The van der Waals surface area contributed by atoms with Crippen molar-refractivity contribution < 1.29 is 27.5 Å². The van der Waals surface area contributed by atoms with Crippen LogP contribution in [0, 0.1) is 6.92 Å². The van der Waals surface area contributed by atoms with E-state index in [2.05, 4.69) is 5.32 Å². The van der Waals surface area contributed by atoms with Gasteiger partial charge < -0.3 is 19.7 Å². The Morgan fingerprint density at radius 3 is 2.32 bits per heavy atom. The Balaban J connectivity index is 1.99. The molecule has 0 fully saturated rings. The molecule has 1 unspecified atom stereocenters. The zero-order valence-corrected chi connectivity index (χ0v) is 23.0. The molecule has 37 heavy (non-hydrogen) atoms. The van der Waals surface area contributed by atoms with Crippen molar-refractivity contribution in [3.05, 3.63) is 53.6 Å². The zero-order valence-electron chi connectivity index (χ0n) is 22.2. The van der Waals surface area contributed by atoms with Crippen LogP contribution in [0.2, 0.25) is 0 Å². The van der Waals surface area contributed by atoms with Gasteiger partial charge in [0.15, 0.2) is 11.5 Å². The van der Waals surface area contributed by atoms with Gasteiger partial charge in [0.1, 0.15) is 25.8 Å². The first-order valence-electron chi connectivity index (χ1n) is 12.6. The predicted octanol–water partition coefficient (Wildman–Crippen LogP) is 3.25. The molecule has 0 spiro atoms. The number of fused-ring (bicyclic) bond motifs is 1. The Hall–Kier alpha value is -3.27. The third-order valence-electron chi connectivity index (χ3n) is 6.21. The van der Waals surface area contributed by atoms with Crippen LogP contribution in [0.4, 0.5) is 5.69 Å². The summed E-state index contributed by atoms with van der Waals surface area (Å²) in [5.41, 5.74) is 2.16. The van der Waals surface area contributed by atoms with Crippen molar-refractivity contribution in [2.45, 2.75) is 59.7 Å². The molecule has 1 aliphatic heterocycles. The van der Waals surface area contributed by atoms with Crippen molar-refractivity contribution in [1.82, 2.24) is 10.2 Å². The van der Waals surface area contributed by atoms with E-state index in [0.717, 1.165) is 15.4 Å². The van der Waals surface area contributed by atoms with Gasteiger partial charge in [0.2, 0.25) is 21.8 Å². The number of rotatable bonds is 11. The molecular formula is C27H37N3O6S. The number of hydrogen-bond acceptors (Lipinski definition) is 6. The van der Waals surface area contributed by atoms with E-state index in [4.69, 9.17) is 9.47 Å². The summed E-state index contributed by atoms with van der Waals surface area (Å²) in [7, 11) is -3.83. The highest BCUT2D eigenvalue weighted by molar-refractivity contribution is 7.92. The smallest absolute Gasteiger partial charge is 0.244 e. The molecule has 1 aliphatic rings. The third-order valence-corrected chi connectivity index (χ3v) is 7.95. The summed E-state index contributed by atoms with van der Waals surface area (Å²) in [4.78, 5) is 28.5. The average molecular weight is 532 g/mol. The first kappa shape index (κ1) is 28.3. The molecule has 202 valence electrons. The normalized spacial score (nSPS) is 13.7. The molecule has 1 N–H and O–H groups in total. The number of anilines is 1. The standard InChI is InChI=1S/C27H37N3O6S/c1-6-23(27(32)28-19(3)4)29(17-21-11-9-8-10-20(21)5)26(31)18-30(37(33,34)7-2)22-12-13-24-25(16-22)36-15-14-35-24/h8-13,16,19,23H,6-7,14-15,17-18H2,1-5H3,(H,28,32). The number of nitrogens with zero attached hydrogens (tertiary/aromatic N) is 2. The molecule has 2 aromatic rings. The Labute approximate surface area is 219 Å². The van der Waals surface area contributed by atoms with Crippen LogP contribution in [0.3, 0.4) is 0 Å². The van der Waals surface area contributed by atoms with Gasteiger partial charge in [0, 0.05) is 18.7 Å². The Morgan fingerprint density at radius 2 is 1.70 bits per heavy atom. The molecule has 0 bridgehead atoms. The van der Waals surface area contributed by atoms with Crippen molar-refractivity contribution in [1.29, 1.82) is 0 Å². The van der Waals surface area contributed by atoms with Gasteiger partial charge in [-0.3, -0.25) is 13.9 Å². The van der Waals surface area contributed by atoms with Crippen LogP contribution in [-0.2, 0) is 26.2 Å². The van der Waals surface area contributed by atoms with Gasteiger partial charge in [0.25, 0.3) is 0 Å². The molecule has 10 heteroatoms. The molecule has 2 aromatic carbocycles. The monoisotopic (exact) mass is 531 g/mol. The third kappa shape index (κ3) is 6.94. The van der Waals surface area contributed by atoms with E-state index < -0.39 is 28.5 Å². The average Bonchev–Trinajstić information content (AvgIpc) is 2.87. The molecule has 2 amide bonds. The molecule has 3 rings (SSSR count). The number of ether oxygens (including phenoxy) is 2. The summed E-state index contributed by atoms with van der Waals surface area (Å²) in [5, 5.41) is 2.89. The summed E-state index contributed by atoms with van der Waals surface area (Å²) in [5.74, 6) is 0.00161. The molecule has 1 heterocycles. The van der Waals surface area contributed by atoms with Crippen molar-refractivity contribution >= 4 is 27.5 Å². The van der Waals surface area contributed by atoms with Crippen LogP contribution in [-0.4, -0.2) is 62.7 Å². The fourth-order valence-electron chi connectivity index (χ4n) is 4.18. The van der Waals surface area contributed by atoms with E-state index >= 15 is 0 Å². The highest BCUT2D eigenvalue weighted by Gasteiger charge is 2.33. The quantitative estimate of drug-likeness (QED) is 0.477. The number of carbonyl (C=O) groups is 2. The SMILES string of the molecule is CCC(C(=O)NC(C)C)N(Cc1ccccc1C)C(=O)CN(c1ccc2c(c1)OCCO2)S(=O)(=O)CC. The lowest BCUT2D eigenvalue weighted by molar-refractivity contribution is -0.140. The van der Waals surface area contributed by atoms with E-state index in [1.165, 1.54) is 11.8 Å². The van der Waals surface area contributed by atoms with E-state index in [1.807, 2.05) is 52.0 Å². The molecule has 0 aliphatic carbocycles. The van der Waals surface area contributed by atoms with Crippen LogP contribution in [0.1, 0.15) is 45.2 Å². The van der Waals surface area contributed by atoms with Crippen molar-refractivity contribution in [2.75, 3.05) is 29.8 Å². The second-order valence-electron chi connectivity index (χ2n) is 9.27. The van der Waals surface area contributed by atoms with E-state index in [1.54, 1.807) is 18.2 Å². The number of hydrogen-bond donors (Lipinski definition) is 1. The first-order chi connectivity index (χ1) is 17.6. The molecular weight excluding hydrogens is 494 g/mol. The first-order valence-corrected chi connectivity index (χ1v) is 14.2. The van der Waals surface area contributed by atoms with E-state index in [-0.39, 0.29) is 24.2 Å². The lowest BCUT2D eigenvalue weighted by atomic mass is 10.1. The Kier molecular flexibility index (Phi) is 9.42. The minimum Gasteiger partial charge on any atom is -0.486 e. The topological polar surface area (TPSA) is 105 Å². The summed E-state index contributed by atoms with van der Waals surface area (Å²) in [6.07, 6.45) is 0.376. The van der Waals surface area contributed by atoms with Gasteiger partial charge in [0.05, 0.1) is 11.4 Å². The van der Waals surface area contributed by atoms with Gasteiger partial charge in [-0.05, 0) is 57.4 Å².